The SMILES string of the molecule is CC1OC(OCC2OC(Oc3c(-c4ccc(O)c(O)c4)oc4cc(O)cc(O)c4c3=O)C(OC3OC(CO)C(O)C(O)C3O)C(O)C2O)C(OC(=O)C=Cc2ccc(O)cc2)C(OC2OCC(O)C(O)C2O)C1O. The minimum absolute atomic E-state index is 0.0623. The number of esters is 1. The van der Waals surface area contributed by atoms with Gasteiger partial charge >= 0.3 is 5.97 Å². The topological polar surface area (TPSA) is 434 Å². The summed E-state index contributed by atoms with van der Waals surface area (Å²) in [6.07, 6.45) is -33.3. The third-order valence-electron chi connectivity index (χ3n) is 12.7. The number of rotatable bonds is 14. The van der Waals surface area contributed by atoms with Gasteiger partial charge in [-0.3, -0.25) is 4.79 Å². The molecule has 3 aromatic carbocycles. The molecule has 4 aliphatic rings. The van der Waals surface area contributed by atoms with E-state index in [0.717, 1.165) is 36.4 Å². The first-order valence-corrected chi connectivity index (χ1v) is 22.8. The number of aliphatic hydroxyl groups excluding tert-OH is 10. The predicted molar refractivity (Wildman–Crippen MR) is 240 cm³/mol. The third kappa shape index (κ3) is 11.2. The van der Waals surface area contributed by atoms with Gasteiger partial charge in [0, 0.05) is 23.8 Å². The summed E-state index contributed by atoms with van der Waals surface area (Å²) in [5.74, 6) is -5.32. The first-order valence-electron chi connectivity index (χ1n) is 22.8. The van der Waals surface area contributed by atoms with Crippen molar-refractivity contribution >= 4 is 23.0 Å². The lowest BCUT2D eigenvalue weighted by Crippen LogP contribution is -2.66. The van der Waals surface area contributed by atoms with E-state index < -0.39 is 193 Å². The molecule has 0 bridgehead atoms. The number of carbonyl (C=O) groups is 1. The molecule has 4 fully saturated rings. The molecular weight excluding hydrogens is 996 g/mol. The molecule has 0 saturated carbocycles. The van der Waals surface area contributed by atoms with Crippen molar-refractivity contribution in [2.24, 2.45) is 0 Å². The molecule has 0 radical (unpaired) electrons. The van der Waals surface area contributed by atoms with Gasteiger partial charge in [-0.25, -0.2) is 4.79 Å². The van der Waals surface area contributed by atoms with Gasteiger partial charge in [0.2, 0.25) is 17.5 Å². The molecule has 19 atom stereocenters. The van der Waals surface area contributed by atoms with Gasteiger partial charge in [0.15, 0.2) is 48.3 Å². The lowest BCUT2D eigenvalue weighted by molar-refractivity contribution is -0.366. The third-order valence-corrected chi connectivity index (χ3v) is 12.7. The fourth-order valence-corrected chi connectivity index (χ4v) is 8.53. The van der Waals surface area contributed by atoms with Crippen LogP contribution < -0.4 is 10.2 Å². The molecule has 0 spiro atoms. The maximum Gasteiger partial charge on any atom is 0.331 e. The first-order chi connectivity index (χ1) is 35.1. The van der Waals surface area contributed by atoms with Gasteiger partial charge in [-0.2, -0.15) is 0 Å². The molecule has 27 heteroatoms. The zero-order valence-corrected chi connectivity index (χ0v) is 38.5. The number of ether oxygens (including phenoxy) is 9. The molecule has 1 aromatic heterocycles. The maximum absolute atomic E-state index is 14.4. The van der Waals surface area contributed by atoms with Crippen LogP contribution in [0, 0.1) is 0 Å². The molecule has 5 heterocycles. The van der Waals surface area contributed by atoms with E-state index in [-0.39, 0.29) is 11.3 Å². The highest BCUT2D eigenvalue weighted by Crippen LogP contribution is 2.41. The zero-order chi connectivity index (χ0) is 53.4. The minimum atomic E-state index is -2.25. The zero-order valence-electron chi connectivity index (χ0n) is 38.5. The quantitative estimate of drug-likeness (QED) is 0.0332. The average molecular weight is 1050 g/mol. The summed E-state index contributed by atoms with van der Waals surface area (Å²) in [4.78, 5) is 27.9. The second-order valence-corrected chi connectivity index (χ2v) is 17.8. The monoisotopic (exact) mass is 1050 g/mol. The highest BCUT2D eigenvalue weighted by Gasteiger charge is 2.54. The second kappa shape index (κ2) is 22.6. The van der Waals surface area contributed by atoms with Gasteiger partial charge < -0.3 is 124 Å². The minimum Gasteiger partial charge on any atom is -0.508 e. The summed E-state index contributed by atoms with van der Waals surface area (Å²) in [6, 6.07) is 10.5. The van der Waals surface area contributed by atoms with Crippen LogP contribution in [0.5, 0.6) is 34.5 Å². The van der Waals surface area contributed by atoms with E-state index >= 15 is 0 Å². The van der Waals surface area contributed by atoms with Crippen LogP contribution in [-0.4, -0.2) is 219 Å². The Balaban J connectivity index is 1.14. The van der Waals surface area contributed by atoms with Crippen molar-refractivity contribution in [1.82, 2.24) is 0 Å². The molecule has 8 rings (SSSR count). The van der Waals surface area contributed by atoms with Gasteiger partial charge in [-0.05, 0) is 48.9 Å². The Labute approximate surface area is 416 Å². The van der Waals surface area contributed by atoms with Gasteiger partial charge in [0.05, 0.1) is 25.9 Å². The highest BCUT2D eigenvalue weighted by molar-refractivity contribution is 5.88. The molecule has 27 nitrogen and oxygen atoms in total. The Kier molecular flexibility index (Phi) is 16.6. The van der Waals surface area contributed by atoms with Crippen molar-refractivity contribution in [3.05, 3.63) is 76.5 Å². The van der Waals surface area contributed by atoms with E-state index in [2.05, 4.69) is 0 Å². The smallest absolute Gasteiger partial charge is 0.331 e. The fourth-order valence-electron chi connectivity index (χ4n) is 8.53. The summed E-state index contributed by atoms with van der Waals surface area (Å²) in [6.45, 7) is -1.02. The van der Waals surface area contributed by atoms with Crippen LogP contribution in [0.4, 0.5) is 0 Å². The van der Waals surface area contributed by atoms with Crippen LogP contribution in [0.25, 0.3) is 28.4 Å². The van der Waals surface area contributed by atoms with Crippen LogP contribution in [0.2, 0.25) is 0 Å². The van der Waals surface area contributed by atoms with Gasteiger partial charge in [0.25, 0.3) is 0 Å². The number of aromatic hydroxyl groups is 5. The average Bonchev–Trinajstić information content (AvgIpc) is 3.36. The van der Waals surface area contributed by atoms with E-state index in [9.17, 15) is 86.2 Å². The summed E-state index contributed by atoms with van der Waals surface area (Å²) in [5, 5.41) is 159. The Morgan fingerprint density at radius 2 is 1.32 bits per heavy atom. The van der Waals surface area contributed by atoms with Crippen molar-refractivity contribution in [2.45, 2.75) is 124 Å². The summed E-state index contributed by atoms with van der Waals surface area (Å²) < 4.78 is 58.5. The number of carbonyl (C=O) groups excluding carboxylic acids is 1. The molecule has 4 aliphatic heterocycles. The molecule has 4 aromatic rings. The molecule has 404 valence electrons. The van der Waals surface area contributed by atoms with E-state index in [1.165, 1.54) is 37.3 Å². The molecule has 19 unspecified atom stereocenters. The number of phenolic OH excluding ortho intramolecular Hbond substituents is 5. The fraction of sp³-hybridized carbons (Fsp3) is 0.489. The van der Waals surface area contributed by atoms with Crippen molar-refractivity contribution in [1.29, 1.82) is 0 Å². The van der Waals surface area contributed by atoms with Crippen molar-refractivity contribution in [2.75, 3.05) is 19.8 Å². The number of aliphatic hydroxyl groups is 10. The summed E-state index contributed by atoms with van der Waals surface area (Å²) in [5.41, 5.74) is -1.37. The number of hydrogen-bond acceptors (Lipinski definition) is 27. The van der Waals surface area contributed by atoms with E-state index in [4.69, 9.17) is 47.0 Å². The Hall–Kier alpha value is -5.80. The Morgan fingerprint density at radius 3 is 2.03 bits per heavy atom. The van der Waals surface area contributed by atoms with Crippen LogP contribution >= 0.6 is 0 Å². The van der Waals surface area contributed by atoms with E-state index in [1.807, 2.05) is 0 Å². The van der Waals surface area contributed by atoms with Gasteiger partial charge in [-0.15, -0.1) is 0 Å². The van der Waals surface area contributed by atoms with Crippen molar-refractivity contribution in [3.63, 3.8) is 0 Å². The van der Waals surface area contributed by atoms with Crippen LogP contribution in [0.3, 0.4) is 0 Å². The Morgan fingerprint density at radius 1 is 0.649 bits per heavy atom. The van der Waals surface area contributed by atoms with Crippen LogP contribution in [-0.2, 0) is 42.7 Å². The number of fused-ring (bicyclic) bond motifs is 1. The largest absolute Gasteiger partial charge is 0.508 e. The molecule has 0 amide bonds. The van der Waals surface area contributed by atoms with Gasteiger partial charge in [-0.1, -0.05) is 12.1 Å². The number of benzene rings is 3. The lowest BCUT2D eigenvalue weighted by Gasteiger charge is -2.47. The molecular formula is C47H54O27. The van der Waals surface area contributed by atoms with Crippen LogP contribution in [0.15, 0.2) is 69.9 Å². The van der Waals surface area contributed by atoms with Crippen LogP contribution in [0.1, 0.15) is 12.5 Å². The van der Waals surface area contributed by atoms with E-state index in [0.29, 0.717) is 5.56 Å². The standard InChI is InChI=1S/C47H54O27/c1-16-30(56)40(72-44-37(63)31(57)24(54)14-65-44)43(71-28(55)9-4-17-2-6-19(49)7-3-17)46(67-16)66-15-27-33(59)36(62)42(74-45-38(64)35(61)32(58)26(13-48)69-45)47(70-27)73-41-34(60)29-23(53)11-20(50)12-25(29)68-39(41)18-5-8-21(51)22(52)10-18/h2-12,16,24,26-27,30-33,35-38,40,42-54,56-59,61-64H,13-15H2,1H3. The first kappa shape index (κ1) is 54.5. The predicted octanol–water partition coefficient (Wildman–Crippen LogP) is -3.43. The highest BCUT2D eigenvalue weighted by atomic mass is 16.8. The number of phenols is 5. The molecule has 74 heavy (non-hydrogen) atoms. The van der Waals surface area contributed by atoms with Gasteiger partial charge in [0.1, 0.15) is 101 Å². The lowest BCUT2D eigenvalue weighted by atomic mass is 9.97. The Bertz CT molecular complexity index is 2680. The number of hydrogen-bond donors (Lipinski definition) is 15. The maximum atomic E-state index is 14.4. The van der Waals surface area contributed by atoms with E-state index in [1.54, 1.807) is 0 Å². The van der Waals surface area contributed by atoms with Crippen molar-refractivity contribution in [3.8, 4) is 45.8 Å². The molecule has 0 aliphatic carbocycles. The molecule has 4 saturated heterocycles. The summed E-state index contributed by atoms with van der Waals surface area (Å²) in [7, 11) is 0. The summed E-state index contributed by atoms with van der Waals surface area (Å²) >= 11 is 0. The molecule has 15 N–H and O–H groups in total. The second-order valence-electron chi connectivity index (χ2n) is 17.8. The normalized spacial score (nSPS) is 35.7. The van der Waals surface area contributed by atoms with Crippen molar-refractivity contribution < 1.29 is 128 Å².